The van der Waals surface area contributed by atoms with E-state index in [0.29, 0.717) is 36.0 Å². The minimum Gasteiger partial charge on any atom is -0.493 e. The fraction of sp³-hybridized carbons (Fsp3) is 0.269. The summed E-state index contributed by atoms with van der Waals surface area (Å²) in [4.78, 5) is 25.0. The van der Waals surface area contributed by atoms with Crippen molar-refractivity contribution in [3.63, 3.8) is 0 Å². The topological polar surface area (TPSA) is 156 Å². The molecule has 3 heterocycles. The Morgan fingerprint density at radius 3 is 2.58 bits per heavy atom. The molecule has 3 aromatic heterocycles. The number of aryl methyl sites for hydroxylation is 1. The van der Waals surface area contributed by atoms with Gasteiger partial charge < -0.3 is 25.8 Å². The number of methoxy groups -OCH3 is 1. The van der Waals surface area contributed by atoms with Crippen LogP contribution in [0.15, 0.2) is 42.9 Å². The lowest BCUT2D eigenvalue weighted by atomic mass is 10.1. The maximum absolute atomic E-state index is 14.0. The van der Waals surface area contributed by atoms with E-state index in [-0.39, 0.29) is 55.0 Å². The number of carbonyl (C=O) groups excluding carboxylic acids is 1. The first-order chi connectivity index (χ1) is 20.6. The van der Waals surface area contributed by atoms with Crippen molar-refractivity contribution >= 4 is 49.1 Å². The van der Waals surface area contributed by atoms with Gasteiger partial charge in [0.05, 0.1) is 41.6 Å². The van der Waals surface area contributed by atoms with E-state index >= 15 is 0 Å². The van der Waals surface area contributed by atoms with Crippen molar-refractivity contribution in [1.29, 1.82) is 0 Å². The van der Waals surface area contributed by atoms with E-state index in [9.17, 15) is 22.5 Å². The van der Waals surface area contributed by atoms with Crippen LogP contribution < -0.4 is 20.7 Å². The summed E-state index contributed by atoms with van der Waals surface area (Å²) in [5.41, 5.74) is 0.272. The van der Waals surface area contributed by atoms with Crippen LogP contribution in [0.25, 0.3) is 11.3 Å². The van der Waals surface area contributed by atoms with Crippen molar-refractivity contribution < 1.29 is 32.4 Å². The van der Waals surface area contributed by atoms with Crippen molar-refractivity contribution in [3.8, 4) is 17.0 Å². The smallest absolute Gasteiger partial charge is 0.421 e. The Morgan fingerprint density at radius 2 is 1.91 bits per heavy atom. The van der Waals surface area contributed by atoms with Crippen LogP contribution in [0, 0.1) is 0 Å². The number of ether oxygens (including phenoxy) is 1. The molecule has 12 nitrogen and oxygen atoms in total. The molecule has 4 rings (SSSR count). The molecule has 0 fully saturated rings. The second kappa shape index (κ2) is 13.8. The second-order valence-corrected chi connectivity index (χ2v) is 9.80. The molecule has 1 aromatic carbocycles. The van der Waals surface area contributed by atoms with Crippen LogP contribution in [0.3, 0.4) is 0 Å². The summed E-state index contributed by atoms with van der Waals surface area (Å²) in [5.74, 6) is -1.38. The van der Waals surface area contributed by atoms with E-state index in [2.05, 4.69) is 36.0 Å². The van der Waals surface area contributed by atoms with Crippen LogP contribution in [0.4, 0.5) is 36.3 Å². The standard InChI is InChI=1S/C26H25ClF3N8O4P/c1-31-24(40)21-18(7-6-17(34-21)15-10-33-38(12-15)8-3-9-39)35-23-16(26(28,29)30)11-32-25(37-23)36-19-5-4-14(13-43-41)20(27)22(19)42-2/h4-7,10-12,39H,3,8-9,13H2,1-2H3,(H,31,40)(H2,32,35,36,37). The fourth-order valence-electron chi connectivity index (χ4n) is 3.94. The van der Waals surface area contributed by atoms with Gasteiger partial charge in [-0.15, -0.1) is 0 Å². The van der Waals surface area contributed by atoms with E-state index in [1.54, 1.807) is 16.9 Å². The number of pyridine rings is 1. The average Bonchev–Trinajstić information content (AvgIpc) is 3.46. The number of alkyl halides is 3. The van der Waals surface area contributed by atoms with E-state index in [1.807, 2.05) is 0 Å². The van der Waals surface area contributed by atoms with Crippen LogP contribution >= 0.6 is 20.1 Å². The Bertz CT molecular complexity index is 1640. The number of amides is 1. The Labute approximate surface area is 249 Å². The van der Waals surface area contributed by atoms with Gasteiger partial charge in [-0.25, -0.2) is 9.97 Å². The van der Waals surface area contributed by atoms with E-state index in [0.717, 1.165) is 0 Å². The molecule has 0 saturated heterocycles. The highest BCUT2D eigenvalue weighted by atomic mass is 35.5. The average molecular weight is 637 g/mol. The predicted octanol–water partition coefficient (Wildman–Crippen LogP) is 5.44. The van der Waals surface area contributed by atoms with Crippen molar-refractivity contribution in [2.45, 2.75) is 25.3 Å². The van der Waals surface area contributed by atoms with Crippen molar-refractivity contribution in [3.05, 3.63) is 64.7 Å². The highest BCUT2D eigenvalue weighted by molar-refractivity contribution is 7.22. The molecular formula is C26H25ClF3N8O4P. The zero-order chi connectivity index (χ0) is 31.1. The van der Waals surface area contributed by atoms with Crippen molar-refractivity contribution in [2.24, 2.45) is 0 Å². The Morgan fingerprint density at radius 1 is 1.14 bits per heavy atom. The van der Waals surface area contributed by atoms with E-state index < -0.39 is 23.5 Å². The molecule has 0 atom stereocenters. The van der Waals surface area contributed by atoms with Gasteiger partial charge in [0, 0.05) is 38.2 Å². The number of hydrogen-bond donors (Lipinski definition) is 4. The number of aliphatic hydroxyl groups excluding tert-OH is 1. The zero-order valence-corrected chi connectivity index (χ0v) is 24.4. The number of aromatic nitrogens is 5. The van der Waals surface area contributed by atoms with Gasteiger partial charge in [-0.05, 0) is 30.2 Å². The van der Waals surface area contributed by atoms with Gasteiger partial charge in [0.15, 0.2) is 19.9 Å². The maximum atomic E-state index is 14.0. The first kappa shape index (κ1) is 31.6. The summed E-state index contributed by atoms with van der Waals surface area (Å²) in [7, 11) is 2.56. The van der Waals surface area contributed by atoms with Crippen LogP contribution in [0.5, 0.6) is 5.75 Å². The zero-order valence-electron chi connectivity index (χ0n) is 22.7. The number of carbonyl (C=O) groups is 1. The first-order valence-electron chi connectivity index (χ1n) is 12.6. The molecule has 0 unspecified atom stereocenters. The molecule has 0 aliphatic carbocycles. The summed E-state index contributed by atoms with van der Waals surface area (Å²) in [6.07, 6.45) is -0.422. The molecule has 0 spiro atoms. The quantitative estimate of drug-likeness (QED) is 0.148. The third-order valence-corrected chi connectivity index (χ3v) is 6.91. The van der Waals surface area contributed by atoms with Gasteiger partial charge >= 0.3 is 6.18 Å². The first-order valence-corrected chi connectivity index (χ1v) is 14.0. The second-order valence-electron chi connectivity index (χ2n) is 8.85. The fourth-order valence-corrected chi connectivity index (χ4v) is 4.75. The van der Waals surface area contributed by atoms with Gasteiger partial charge in [0.2, 0.25) is 5.95 Å². The summed E-state index contributed by atoms with van der Waals surface area (Å²) >= 11 is 6.35. The normalized spacial score (nSPS) is 11.4. The van der Waals surface area contributed by atoms with E-state index in [1.165, 1.54) is 38.6 Å². The number of benzene rings is 1. The largest absolute Gasteiger partial charge is 0.493 e. The molecule has 0 aliphatic rings. The SMILES string of the molecule is CNC(=O)c1nc(-c2cnn(CCCO)c2)ccc1Nc1nc(Nc2ccc(CP=O)c(Cl)c2OC)ncc1C(F)(F)F. The predicted molar refractivity (Wildman–Crippen MR) is 153 cm³/mol. The molecule has 4 N–H and O–H groups in total. The molecule has 226 valence electrons. The number of hydrogen-bond acceptors (Lipinski definition) is 10. The minimum atomic E-state index is -4.84. The summed E-state index contributed by atoms with van der Waals surface area (Å²) in [6.45, 7) is 0.454. The van der Waals surface area contributed by atoms with Crippen LogP contribution in [-0.2, 0) is 23.4 Å². The van der Waals surface area contributed by atoms with Crippen molar-refractivity contribution in [2.75, 3.05) is 31.4 Å². The Balaban J connectivity index is 1.72. The molecule has 43 heavy (non-hydrogen) atoms. The lowest BCUT2D eigenvalue weighted by Crippen LogP contribution is -2.21. The summed E-state index contributed by atoms with van der Waals surface area (Å²) in [5, 5.41) is 21.2. The molecular weight excluding hydrogens is 612 g/mol. The number of anilines is 4. The molecule has 0 saturated carbocycles. The van der Waals surface area contributed by atoms with Crippen LogP contribution in [0.1, 0.15) is 28.0 Å². The number of nitrogens with one attached hydrogen (secondary N) is 3. The number of halogens is 4. The van der Waals surface area contributed by atoms with Crippen LogP contribution in [0.2, 0.25) is 5.02 Å². The minimum absolute atomic E-state index is 0.00925. The molecule has 0 radical (unpaired) electrons. The number of nitrogens with zero attached hydrogens (tertiary/aromatic N) is 5. The maximum Gasteiger partial charge on any atom is 0.421 e. The molecule has 0 aliphatic heterocycles. The Kier molecular flexibility index (Phi) is 10.1. The van der Waals surface area contributed by atoms with E-state index in [4.69, 9.17) is 21.4 Å². The Hall–Kier alpha value is -4.33. The molecule has 1 amide bonds. The lowest BCUT2D eigenvalue weighted by molar-refractivity contribution is -0.137. The van der Waals surface area contributed by atoms with Gasteiger partial charge in [-0.3, -0.25) is 14.0 Å². The summed E-state index contributed by atoms with van der Waals surface area (Å²) in [6, 6.07) is 6.05. The van der Waals surface area contributed by atoms with Gasteiger partial charge in [-0.1, -0.05) is 17.7 Å². The monoisotopic (exact) mass is 636 g/mol. The third kappa shape index (κ3) is 7.37. The highest BCUT2D eigenvalue weighted by Gasteiger charge is 2.36. The third-order valence-electron chi connectivity index (χ3n) is 6.02. The molecule has 4 aromatic rings. The summed E-state index contributed by atoms with van der Waals surface area (Å²) < 4.78 is 59.9. The van der Waals surface area contributed by atoms with Gasteiger partial charge in [-0.2, -0.15) is 23.3 Å². The van der Waals surface area contributed by atoms with Gasteiger partial charge in [0.25, 0.3) is 5.91 Å². The van der Waals surface area contributed by atoms with Gasteiger partial charge in [0.1, 0.15) is 11.4 Å². The number of rotatable bonds is 12. The lowest BCUT2D eigenvalue weighted by Gasteiger charge is -2.17. The highest BCUT2D eigenvalue weighted by Crippen LogP contribution is 2.40. The number of aliphatic hydroxyl groups is 1. The molecule has 0 bridgehead atoms. The van der Waals surface area contributed by atoms with Crippen molar-refractivity contribution in [1.82, 2.24) is 30.0 Å². The molecule has 17 heteroatoms. The van der Waals surface area contributed by atoms with Crippen LogP contribution in [-0.4, -0.2) is 56.5 Å².